The maximum Gasteiger partial charge on any atom is 0.490 e. The smallest absolute Gasteiger partial charge is 0.480 e. The van der Waals surface area contributed by atoms with Crippen molar-refractivity contribution in [1.29, 1.82) is 5.26 Å². The van der Waals surface area contributed by atoms with Crippen molar-refractivity contribution in [3.63, 3.8) is 0 Å². The summed E-state index contributed by atoms with van der Waals surface area (Å²) >= 11 is 11.9. The number of hydrogen-bond donors (Lipinski definition) is 4. The van der Waals surface area contributed by atoms with Crippen molar-refractivity contribution in [1.82, 2.24) is 5.32 Å². The molecule has 4 rings (SSSR count). The molecule has 0 radical (unpaired) electrons. The highest BCUT2D eigenvalue weighted by Crippen LogP contribution is 2.55. The van der Waals surface area contributed by atoms with Crippen molar-refractivity contribution in [2.75, 3.05) is 0 Å². The molecule has 7 nitrogen and oxygen atoms in total. The number of aliphatic carboxylic acids is 2. The van der Waals surface area contributed by atoms with Crippen molar-refractivity contribution in [2.45, 2.75) is 61.4 Å². The fraction of sp³-hybridized carbons (Fsp3) is 0.423. The highest BCUT2D eigenvalue weighted by atomic mass is 35.5. The van der Waals surface area contributed by atoms with Crippen LogP contribution in [0.3, 0.4) is 0 Å². The Balaban J connectivity index is 0.000000559. The third kappa shape index (κ3) is 5.61. The number of nitrogens with zero attached hydrogens (tertiary/aromatic N) is 1. The van der Waals surface area contributed by atoms with Crippen LogP contribution >= 0.6 is 23.2 Å². The molecule has 5 atom stereocenters. The molecule has 2 aromatic rings. The standard InChI is InChI=1S/C24H22Cl2F2N2O3.C2HF3O2/c1-23(33,12-4-2-5-12)22-24(11-29,15-9-8-13(25)10-17(15)27)18(20(30-22)21(31)32)14-6-3-7-16(26)19(14)28;3-2(4,5)1(6)7/h3,6-10,12,18,20,22,30,33H,2,4-5H2,1H3,(H,31,32);(H,6,7)/t18-,20+,22+,23?,24+;/m0./s1. The van der Waals surface area contributed by atoms with E-state index in [0.29, 0.717) is 12.8 Å². The monoisotopic (exact) mass is 608 g/mol. The van der Waals surface area contributed by atoms with E-state index >= 15 is 8.78 Å². The molecule has 1 aliphatic heterocycles. The lowest BCUT2D eigenvalue weighted by atomic mass is 9.58. The Bertz CT molecular complexity index is 1350. The second-order valence-electron chi connectivity index (χ2n) is 9.80. The SMILES string of the molecule is CC(O)(C1CCC1)[C@H]1N[C@@H](C(=O)O)[C@H](c2cccc(Cl)c2F)[C@@]1(C#N)c1ccc(Cl)cc1F.O=C(O)C(F)(F)F. The van der Waals surface area contributed by atoms with Crippen LogP contribution in [0.5, 0.6) is 0 Å². The van der Waals surface area contributed by atoms with Gasteiger partial charge in [0.05, 0.1) is 22.7 Å². The summed E-state index contributed by atoms with van der Waals surface area (Å²) in [4.78, 5) is 21.3. The van der Waals surface area contributed by atoms with Gasteiger partial charge in [-0.05, 0) is 49.4 Å². The number of benzene rings is 2. The van der Waals surface area contributed by atoms with Crippen LogP contribution in [0.15, 0.2) is 36.4 Å². The quantitative estimate of drug-likeness (QED) is 0.333. The highest BCUT2D eigenvalue weighted by molar-refractivity contribution is 6.31. The van der Waals surface area contributed by atoms with Crippen LogP contribution in [-0.4, -0.2) is 51.1 Å². The molecule has 2 aliphatic rings. The van der Waals surface area contributed by atoms with Gasteiger partial charge in [-0.25, -0.2) is 13.6 Å². The van der Waals surface area contributed by atoms with Crippen LogP contribution in [0.4, 0.5) is 22.0 Å². The molecular formula is C26H23Cl2F5N2O5. The van der Waals surface area contributed by atoms with Crippen molar-refractivity contribution in [2.24, 2.45) is 5.92 Å². The molecule has 1 saturated carbocycles. The molecule has 14 heteroatoms. The van der Waals surface area contributed by atoms with Gasteiger partial charge in [0.2, 0.25) is 0 Å². The van der Waals surface area contributed by atoms with Crippen LogP contribution < -0.4 is 5.32 Å². The van der Waals surface area contributed by atoms with Crippen LogP contribution in [0.25, 0.3) is 0 Å². The molecule has 1 unspecified atom stereocenters. The number of rotatable bonds is 5. The Morgan fingerprint density at radius 2 is 1.73 bits per heavy atom. The largest absolute Gasteiger partial charge is 0.490 e. The van der Waals surface area contributed by atoms with E-state index in [-0.39, 0.29) is 27.1 Å². The minimum atomic E-state index is -5.08. The average Bonchev–Trinajstić information content (AvgIpc) is 3.16. The first kappa shape index (κ1) is 31.5. The van der Waals surface area contributed by atoms with E-state index in [1.165, 1.54) is 37.3 Å². The Kier molecular flexibility index (Phi) is 9.06. The van der Waals surface area contributed by atoms with Gasteiger partial charge in [0, 0.05) is 16.5 Å². The maximum atomic E-state index is 15.4. The van der Waals surface area contributed by atoms with E-state index in [1.54, 1.807) is 0 Å². The van der Waals surface area contributed by atoms with E-state index in [4.69, 9.17) is 33.1 Å². The number of hydrogen-bond acceptors (Lipinski definition) is 5. The van der Waals surface area contributed by atoms with E-state index in [9.17, 15) is 33.4 Å². The van der Waals surface area contributed by atoms with Gasteiger partial charge in [-0.2, -0.15) is 18.4 Å². The van der Waals surface area contributed by atoms with Crippen LogP contribution in [0, 0.1) is 28.9 Å². The zero-order chi connectivity index (χ0) is 30.2. The van der Waals surface area contributed by atoms with Crippen LogP contribution in [0.1, 0.15) is 43.2 Å². The summed E-state index contributed by atoms with van der Waals surface area (Å²) in [6.45, 7) is 1.52. The summed E-state index contributed by atoms with van der Waals surface area (Å²) in [5.41, 5.74) is -3.88. The molecule has 1 heterocycles. The normalized spacial score (nSPS) is 26.1. The van der Waals surface area contributed by atoms with E-state index in [0.717, 1.165) is 12.5 Å². The van der Waals surface area contributed by atoms with Crippen molar-refractivity contribution in [3.8, 4) is 6.07 Å². The summed E-state index contributed by atoms with van der Waals surface area (Å²) in [6, 6.07) is 7.18. The fourth-order valence-electron chi connectivity index (χ4n) is 5.45. The third-order valence-electron chi connectivity index (χ3n) is 7.53. The molecule has 1 aliphatic carbocycles. The second kappa shape index (κ2) is 11.5. The molecule has 4 N–H and O–H groups in total. The van der Waals surface area contributed by atoms with Crippen molar-refractivity contribution < 1.29 is 46.9 Å². The number of nitriles is 1. The second-order valence-corrected chi connectivity index (χ2v) is 10.6. The number of aliphatic hydroxyl groups is 1. The van der Waals surface area contributed by atoms with E-state index in [2.05, 4.69) is 11.4 Å². The van der Waals surface area contributed by atoms with Gasteiger partial charge in [0.15, 0.2) is 0 Å². The minimum absolute atomic E-state index is 0.0814. The molecule has 0 bridgehead atoms. The maximum absolute atomic E-state index is 15.4. The third-order valence-corrected chi connectivity index (χ3v) is 8.06. The van der Waals surface area contributed by atoms with Crippen LogP contribution in [0.2, 0.25) is 10.0 Å². The van der Waals surface area contributed by atoms with Gasteiger partial charge in [0.1, 0.15) is 23.1 Å². The lowest BCUT2D eigenvalue weighted by molar-refractivity contribution is -0.192. The first-order chi connectivity index (χ1) is 18.5. The molecule has 216 valence electrons. The first-order valence-electron chi connectivity index (χ1n) is 11.8. The zero-order valence-electron chi connectivity index (χ0n) is 20.6. The summed E-state index contributed by atoms with van der Waals surface area (Å²) < 4.78 is 62.4. The molecule has 2 aromatic carbocycles. The van der Waals surface area contributed by atoms with Gasteiger partial charge in [-0.1, -0.05) is 47.8 Å². The predicted octanol–water partition coefficient (Wildman–Crippen LogP) is 5.43. The molecular weight excluding hydrogens is 586 g/mol. The Morgan fingerprint density at radius 3 is 2.17 bits per heavy atom. The van der Waals surface area contributed by atoms with Crippen molar-refractivity contribution in [3.05, 3.63) is 69.2 Å². The number of carboxylic acid groups (broad SMARTS) is 2. The number of carbonyl (C=O) groups is 2. The summed E-state index contributed by atoms with van der Waals surface area (Å²) in [5, 5.41) is 42.1. The first-order valence-corrected chi connectivity index (χ1v) is 12.6. The van der Waals surface area contributed by atoms with Gasteiger partial charge < -0.3 is 15.3 Å². The minimum Gasteiger partial charge on any atom is -0.480 e. The average molecular weight is 609 g/mol. The summed E-state index contributed by atoms with van der Waals surface area (Å²) in [7, 11) is 0. The Hall–Kier alpha value is -2.98. The van der Waals surface area contributed by atoms with Gasteiger partial charge in [-0.3, -0.25) is 10.1 Å². The Morgan fingerprint density at radius 1 is 1.12 bits per heavy atom. The molecule has 0 amide bonds. The summed E-state index contributed by atoms with van der Waals surface area (Å²) in [5.74, 6) is -7.50. The molecule has 0 spiro atoms. The Labute approximate surface area is 235 Å². The van der Waals surface area contributed by atoms with Gasteiger partial charge in [0.25, 0.3) is 0 Å². The number of halogens is 7. The highest BCUT2D eigenvalue weighted by Gasteiger charge is 2.66. The molecule has 1 saturated heterocycles. The lowest BCUT2D eigenvalue weighted by Gasteiger charge is -2.48. The zero-order valence-corrected chi connectivity index (χ0v) is 22.2. The number of alkyl halides is 3. The predicted molar refractivity (Wildman–Crippen MR) is 133 cm³/mol. The van der Waals surface area contributed by atoms with Gasteiger partial charge >= 0.3 is 18.1 Å². The lowest BCUT2D eigenvalue weighted by Crippen LogP contribution is -2.61. The molecule has 0 aromatic heterocycles. The van der Waals surface area contributed by atoms with Crippen molar-refractivity contribution >= 4 is 35.1 Å². The number of nitrogens with one attached hydrogen (secondary N) is 1. The molecule has 40 heavy (non-hydrogen) atoms. The number of carboxylic acids is 2. The topological polar surface area (TPSA) is 131 Å². The molecule has 2 fully saturated rings. The van der Waals surface area contributed by atoms with Gasteiger partial charge in [-0.15, -0.1) is 0 Å². The van der Waals surface area contributed by atoms with E-state index < -0.39 is 58.8 Å². The summed E-state index contributed by atoms with van der Waals surface area (Å²) in [6.07, 6.45) is -2.87. The van der Waals surface area contributed by atoms with E-state index in [1.807, 2.05) is 0 Å². The fourth-order valence-corrected chi connectivity index (χ4v) is 5.79. The van der Waals surface area contributed by atoms with Crippen LogP contribution in [-0.2, 0) is 15.0 Å².